The highest BCUT2D eigenvalue weighted by Crippen LogP contribution is 2.37. The maximum absolute atomic E-state index is 12.5. The van der Waals surface area contributed by atoms with Crippen LogP contribution in [0.25, 0.3) is 0 Å². The number of pyridine rings is 2. The highest BCUT2D eigenvalue weighted by atomic mass is 32.1. The third-order valence-electron chi connectivity index (χ3n) is 5.48. The summed E-state index contributed by atoms with van der Waals surface area (Å²) in [5, 5.41) is 23.6. The van der Waals surface area contributed by atoms with Gasteiger partial charge in [-0.15, -0.1) is 11.3 Å². The molecule has 0 aliphatic carbocycles. The van der Waals surface area contributed by atoms with Gasteiger partial charge in [-0.25, -0.2) is 4.90 Å². The van der Waals surface area contributed by atoms with E-state index in [2.05, 4.69) is 21.4 Å². The van der Waals surface area contributed by atoms with Crippen LogP contribution in [0.3, 0.4) is 0 Å². The average Bonchev–Trinajstić information content (AvgIpc) is 3.20. The summed E-state index contributed by atoms with van der Waals surface area (Å²) in [4.78, 5) is 23.6. The molecule has 0 spiro atoms. The number of fused-ring (bicyclic) bond motifs is 1. The van der Waals surface area contributed by atoms with Gasteiger partial charge in [-0.1, -0.05) is 12.1 Å². The molecule has 9 heteroatoms. The van der Waals surface area contributed by atoms with Crippen LogP contribution in [0.1, 0.15) is 33.7 Å². The molecule has 3 aromatic rings. The van der Waals surface area contributed by atoms with Crippen molar-refractivity contribution in [3.63, 3.8) is 0 Å². The van der Waals surface area contributed by atoms with Gasteiger partial charge in [-0.05, 0) is 48.6 Å². The Hall–Kier alpha value is -3.16. The molecule has 8 nitrogen and oxygen atoms in total. The van der Waals surface area contributed by atoms with E-state index in [0.717, 1.165) is 21.7 Å². The Labute approximate surface area is 196 Å². The summed E-state index contributed by atoms with van der Waals surface area (Å²) in [5.41, 5.74) is 3.37. The maximum atomic E-state index is 12.5. The first-order valence-corrected chi connectivity index (χ1v) is 11.6. The number of anilines is 1. The normalized spacial score (nSPS) is 14.3. The number of aliphatic hydroxyl groups is 1. The van der Waals surface area contributed by atoms with Gasteiger partial charge in [0.1, 0.15) is 11.1 Å². The average molecular weight is 464 g/mol. The van der Waals surface area contributed by atoms with Crippen molar-refractivity contribution < 1.29 is 14.6 Å². The van der Waals surface area contributed by atoms with Crippen molar-refractivity contribution in [1.82, 2.24) is 14.9 Å². The third kappa shape index (κ3) is 6.00. The van der Waals surface area contributed by atoms with Gasteiger partial charge in [-0.3, -0.25) is 14.8 Å². The molecule has 0 saturated heterocycles. The van der Waals surface area contributed by atoms with Crippen LogP contribution in [0.4, 0.5) is 5.00 Å². The second-order valence-corrected chi connectivity index (χ2v) is 8.82. The molecular weight excluding hydrogens is 438 g/mol. The Kier molecular flexibility index (Phi) is 7.75. The van der Waals surface area contributed by atoms with Gasteiger partial charge >= 0.3 is 0 Å². The Balaban J connectivity index is 1.33. The highest BCUT2D eigenvalue weighted by Gasteiger charge is 2.28. The van der Waals surface area contributed by atoms with Crippen molar-refractivity contribution in [1.29, 1.82) is 5.26 Å². The Bertz CT molecular complexity index is 1110. The lowest BCUT2D eigenvalue weighted by atomic mass is 10.0. The fourth-order valence-electron chi connectivity index (χ4n) is 3.73. The summed E-state index contributed by atoms with van der Waals surface area (Å²) < 4.78 is 5.62. The molecule has 1 aliphatic rings. The fourth-order valence-corrected chi connectivity index (χ4v) is 4.97. The van der Waals surface area contributed by atoms with Gasteiger partial charge in [0.15, 0.2) is 0 Å². The lowest BCUT2D eigenvalue weighted by molar-refractivity contribution is -0.197. The van der Waals surface area contributed by atoms with Crippen LogP contribution in [-0.2, 0) is 35.3 Å². The van der Waals surface area contributed by atoms with Crippen LogP contribution in [0.2, 0.25) is 0 Å². The number of carbonyl (C=O) groups is 1. The molecule has 1 unspecified atom stereocenters. The van der Waals surface area contributed by atoms with Gasteiger partial charge in [0.2, 0.25) is 12.3 Å². The zero-order chi connectivity index (χ0) is 23.0. The largest absolute Gasteiger partial charge is 0.356 e. The van der Waals surface area contributed by atoms with E-state index in [1.807, 2.05) is 35.2 Å². The molecule has 170 valence electrons. The molecule has 1 atom stereocenters. The van der Waals surface area contributed by atoms with Crippen LogP contribution in [-0.4, -0.2) is 45.4 Å². The summed E-state index contributed by atoms with van der Waals surface area (Å²) in [6.45, 7) is 1.41. The van der Waals surface area contributed by atoms with Crippen LogP contribution in [0.5, 0.6) is 0 Å². The Morgan fingerprint density at radius 1 is 1.30 bits per heavy atom. The van der Waals surface area contributed by atoms with E-state index in [-0.39, 0.29) is 5.91 Å². The molecular formula is C24H25N5O3S. The number of hydrogen-bond acceptors (Lipinski definition) is 8. The van der Waals surface area contributed by atoms with Crippen molar-refractivity contribution in [2.75, 3.05) is 18.5 Å². The minimum atomic E-state index is -1.03. The van der Waals surface area contributed by atoms with Gasteiger partial charge in [0, 0.05) is 48.7 Å². The van der Waals surface area contributed by atoms with Gasteiger partial charge in [0.25, 0.3) is 0 Å². The molecule has 0 radical (unpaired) electrons. The van der Waals surface area contributed by atoms with E-state index in [9.17, 15) is 15.2 Å². The molecule has 1 amide bonds. The molecule has 1 aliphatic heterocycles. The summed E-state index contributed by atoms with van der Waals surface area (Å²) in [6, 6.07) is 11.7. The monoisotopic (exact) mass is 463 g/mol. The number of amides is 1. The fraction of sp³-hybridized carbons (Fsp3) is 0.333. The first-order valence-electron chi connectivity index (χ1n) is 10.8. The second kappa shape index (κ2) is 11.1. The number of aryl methyl sites for hydroxylation is 1. The maximum Gasteiger partial charge on any atom is 0.225 e. The number of hydrogen-bond donors (Lipinski definition) is 2. The van der Waals surface area contributed by atoms with Crippen LogP contribution < -0.4 is 5.32 Å². The van der Waals surface area contributed by atoms with E-state index in [1.54, 1.807) is 18.6 Å². The molecule has 3 aromatic heterocycles. The quantitative estimate of drug-likeness (QED) is 0.469. The minimum Gasteiger partial charge on any atom is -0.356 e. The van der Waals surface area contributed by atoms with E-state index in [4.69, 9.17) is 4.74 Å². The first-order chi connectivity index (χ1) is 16.1. The Morgan fingerprint density at radius 2 is 2.21 bits per heavy atom. The van der Waals surface area contributed by atoms with Gasteiger partial charge in [0.05, 0.1) is 12.2 Å². The highest BCUT2D eigenvalue weighted by molar-refractivity contribution is 7.16. The molecule has 4 rings (SSSR count). The zero-order valence-corrected chi connectivity index (χ0v) is 18.9. The van der Waals surface area contributed by atoms with Crippen LogP contribution in [0.15, 0.2) is 48.9 Å². The molecule has 33 heavy (non-hydrogen) atoms. The SMILES string of the molecule is N#Cc1c(NC(=O)CCc2ccccn2)sc2c1CCN(C(O)OCCc1cccnc1)C2. The number of nitrogens with zero attached hydrogens (tertiary/aromatic N) is 4. The van der Waals surface area contributed by atoms with Crippen molar-refractivity contribution in [3.8, 4) is 6.07 Å². The lowest BCUT2D eigenvalue weighted by Crippen LogP contribution is -2.40. The number of carbonyl (C=O) groups excluding carboxylic acids is 1. The molecule has 0 saturated carbocycles. The van der Waals surface area contributed by atoms with Crippen LogP contribution >= 0.6 is 11.3 Å². The summed E-state index contributed by atoms with van der Waals surface area (Å²) >= 11 is 1.39. The van der Waals surface area contributed by atoms with Gasteiger partial charge < -0.3 is 15.2 Å². The van der Waals surface area contributed by atoms with Crippen molar-refractivity contribution in [3.05, 3.63) is 76.2 Å². The number of thiophene rings is 1. The van der Waals surface area contributed by atoms with Crippen molar-refractivity contribution >= 4 is 22.2 Å². The number of aliphatic hydroxyl groups excluding tert-OH is 1. The van der Waals surface area contributed by atoms with E-state index in [1.165, 1.54) is 11.3 Å². The predicted molar refractivity (Wildman–Crippen MR) is 124 cm³/mol. The third-order valence-corrected chi connectivity index (χ3v) is 6.61. The molecule has 4 heterocycles. The second-order valence-electron chi connectivity index (χ2n) is 7.72. The number of nitriles is 1. The summed E-state index contributed by atoms with van der Waals surface area (Å²) in [5.74, 6) is -0.147. The summed E-state index contributed by atoms with van der Waals surface area (Å²) in [6.07, 6.45) is 6.28. The number of rotatable bonds is 9. The number of ether oxygens (including phenoxy) is 1. The predicted octanol–water partition coefficient (Wildman–Crippen LogP) is 2.87. The molecule has 2 N–H and O–H groups in total. The number of nitrogens with one attached hydrogen (secondary N) is 1. The number of aromatic nitrogens is 2. The summed E-state index contributed by atoms with van der Waals surface area (Å²) in [7, 11) is 0. The topological polar surface area (TPSA) is 111 Å². The molecule has 0 aromatic carbocycles. The van der Waals surface area contributed by atoms with E-state index < -0.39 is 6.41 Å². The van der Waals surface area contributed by atoms with E-state index in [0.29, 0.717) is 55.9 Å². The van der Waals surface area contributed by atoms with E-state index >= 15 is 0 Å². The molecule has 0 bridgehead atoms. The zero-order valence-electron chi connectivity index (χ0n) is 18.1. The molecule has 0 fully saturated rings. The lowest BCUT2D eigenvalue weighted by Gasteiger charge is -2.30. The van der Waals surface area contributed by atoms with Crippen molar-refractivity contribution in [2.24, 2.45) is 0 Å². The smallest absolute Gasteiger partial charge is 0.225 e. The van der Waals surface area contributed by atoms with Crippen LogP contribution in [0, 0.1) is 11.3 Å². The van der Waals surface area contributed by atoms with Gasteiger partial charge in [-0.2, -0.15) is 5.26 Å². The Morgan fingerprint density at radius 3 is 2.97 bits per heavy atom. The standard InChI is InChI=1S/C24H25N5O3S/c25-14-20-19-8-12-29(24(31)32-13-9-17-4-3-10-26-15-17)16-21(19)33-23(20)28-22(30)7-6-18-5-1-2-11-27-18/h1-5,10-11,15,24,31H,6-9,12-13,16H2,(H,28,30). The first kappa shape index (κ1) is 23.0. The van der Waals surface area contributed by atoms with Crippen molar-refractivity contribution in [2.45, 2.75) is 38.6 Å². The minimum absolute atomic E-state index is 0.147.